The number of hydrogen-bond donors (Lipinski definition) is 2. The lowest BCUT2D eigenvalue weighted by Gasteiger charge is -2.50. The van der Waals surface area contributed by atoms with E-state index < -0.39 is 18.2 Å². The van der Waals surface area contributed by atoms with E-state index in [2.05, 4.69) is 9.97 Å². The summed E-state index contributed by atoms with van der Waals surface area (Å²) in [5, 5.41) is 9.60. The lowest BCUT2D eigenvalue weighted by atomic mass is 9.58. The maximum absolute atomic E-state index is 13.4. The molecule has 206 valence electrons. The number of nitrogens with zero attached hydrogens (tertiary/aromatic N) is 5. The molecule has 1 saturated carbocycles. The summed E-state index contributed by atoms with van der Waals surface area (Å²) in [7, 11) is 1.72. The fourth-order valence-corrected chi connectivity index (χ4v) is 6.93. The predicted molar refractivity (Wildman–Crippen MR) is 142 cm³/mol. The van der Waals surface area contributed by atoms with E-state index in [4.69, 9.17) is 15.5 Å². The number of halogens is 2. The van der Waals surface area contributed by atoms with Gasteiger partial charge in [0.1, 0.15) is 17.4 Å². The van der Waals surface area contributed by atoms with Gasteiger partial charge in [0.15, 0.2) is 0 Å². The van der Waals surface area contributed by atoms with Crippen LogP contribution in [0.3, 0.4) is 0 Å². The highest BCUT2D eigenvalue weighted by Gasteiger charge is 2.52. The van der Waals surface area contributed by atoms with Crippen molar-refractivity contribution in [3.63, 3.8) is 0 Å². The first-order chi connectivity index (χ1) is 19.1. The van der Waals surface area contributed by atoms with Crippen LogP contribution in [0.1, 0.15) is 65.8 Å². The lowest BCUT2D eigenvalue weighted by Crippen LogP contribution is -2.56. The van der Waals surface area contributed by atoms with E-state index in [1.54, 1.807) is 36.5 Å². The van der Waals surface area contributed by atoms with E-state index >= 15 is 0 Å². The molecular weight excluding hydrogens is 518 g/mol. The molecule has 4 aromatic rings. The molecule has 1 amide bonds. The molecule has 2 aromatic carbocycles. The summed E-state index contributed by atoms with van der Waals surface area (Å²) >= 11 is 0. The van der Waals surface area contributed by atoms with Crippen molar-refractivity contribution in [1.82, 2.24) is 24.4 Å². The second-order valence-electron chi connectivity index (χ2n) is 11.6. The molecule has 0 spiro atoms. The fraction of sp³-hybridized carbons (Fsp3) is 0.379. The molecule has 7 rings (SSSR count). The monoisotopic (exact) mass is 546 g/mol. The predicted octanol–water partition coefficient (Wildman–Crippen LogP) is 4.16. The summed E-state index contributed by atoms with van der Waals surface area (Å²) in [6, 6.07) is 9.82. The molecule has 40 heavy (non-hydrogen) atoms. The van der Waals surface area contributed by atoms with Crippen molar-refractivity contribution in [1.29, 1.82) is 0 Å². The molecule has 4 heterocycles. The molecule has 1 aliphatic carbocycles. The minimum atomic E-state index is -3.02. The van der Waals surface area contributed by atoms with Gasteiger partial charge in [0.05, 0.1) is 28.7 Å². The summed E-state index contributed by atoms with van der Waals surface area (Å²) < 4.78 is 33.6. The summed E-state index contributed by atoms with van der Waals surface area (Å²) in [6.45, 7) is -0.943. The molecule has 1 fully saturated rings. The third kappa shape index (κ3) is 3.57. The van der Waals surface area contributed by atoms with Crippen molar-refractivity contribution >= 4 is 16.9 Å². The van der Waals surface area contributed by atoms with E-state index in [0.29, 0.717) is 42.0 Å². The number of benzene rings is 2. The molecule has 3 N–H and O–H groups in total. The van der Waals surface area contributed by atoms with Crippen LogP contribution in [0.2, 0.25) is 0 Å². The van der Waals surface area contributed by atoms with Gasteiger partial charge in [0, 0.05) is 49.2 Å². The average Bonchev–Trinajstić information content (AvgIpc) is 3.45. The Morgan fingerprint density at radius 2 is 1.90 bits per heavy atom. The number of carbonyl (C=O) groups excluding carboxylic acids is 1. The highest BCUT2D eigenvalue weighted by atomic mass is 19.3. The Morgan fingerprint density at radius 3 is 2.60 bits per heavy atom. The van der Waals surface area contributed by atoms with Crippen molar-refractivity contribution in [2.45, 2.75) is 50.4 Å². The standard InChI is InChI=1S/C29H28F2N6O3/c1-28(14-38)12-29(32,13-28)26-33-10-16(11-34-26)15-6-7-18-19(8-15)37-20-9-21(24(37)35-18)36(2)25(39)17-4-3-5-22(23(17)20)40-27(30)31/h3-8,10-11,20-21,27,38H,9,12-14,32H2,1-2H3/t20-,21-,28?,29?/m1/s1. The summed E-state index contributed by atoms with van der Waals surface area (Å²) in [5.41, 5.74) is 9.66. The Kier molecular flexibility index (Phi) is 5.33. The van der Waals surface area contributed by atoms with Crippen LogP contribution < -0.4 is 10.5 Å². The molecule has 0 saturated heterocycles. The Labute approximate surface area is 228 Å². The number of rotatable bonds is 5. The quantitative estimate of drug-likeness (QED) is 0.386. The van der Waals surface area contributed by atoms with Gasteiger partial charge in [-0.2, -0.15) is 8.78 Å². The number of alkyl halides is 2. The van der Waals surface area contributed by atoms with Crippen LogP contribution in [0.15, 0.2) is 48.8 Å². The maximum Gasteiger partial charge on any atom is 0.387 e. The first-order valence-electron chi connectivity index (χ1n) is 13.2. The number of amides is 1. The molecule has 2 aliphatic heterocycles. The first-order valence-corrected chi connectivity index (χ1v) is 13.2. The number of carbonyl (C=O) groups is 1. The second kappa shape index (κ2) is 8.52. The molecule has 0 radical (unpaired) electrons. The van der Waals surface area contributed by atoms with E-state index in [1.807, 2.05) is 29.7 Å². The van der Waals surface area contributed by atoms with Crippen LogP contribution >= 0.6 is 0 Å². The van der Waals surface area contributed by atoms with Gasteiger partial charge in [-0.1, -0.05) is 19.1 Å². The number of hydrogen-bond acceptors (Lipinski definition) is 7. The summed E-state index contributed by atoms with van der Waals surface area (Å²) in [6.07, 6.45) is 5.22. The largest absolute Gasteiger partial charge is 0.434 e. The van der Waals surface area contributed by atoms with Gasteiger partial charge in [-0.25, -0.2) is 15.0 Å². The molecule has 3 aliphatic rings. The number of ether oxygens (including phenoxy) is 1. The van der Waals surface area contributed by atoms with Crippen molar-refractivity contribution < 1.29 is 23.4 Å². The van der Waals surface area contributed by atoms with Crippen LogP contribution in [-0.2, 0) is 5.54 Å². The normalized spacial score (nSPS) is 27.0. The van der Waals surface area contributed by atoms with E-state index in [9.17, 15) is 18.7 Å². The Hall–Kier alpha value is -3.96. The highest BCUT2D eigenvalue weighted by molar-refractivity contribution is 5.98. The van der Waals surface area contributed by atoms with E-state index in [1.165, 1.54) is 6.07 Å². The summed E-state index contributed by atoms with van der Waals surface area (Å²) in [4.78, 5) is 28.9. The lowest BCUT2D eigenvalue weighted by molar-refractivity contribution is -0.0507. The number of imidazole rings is 1. The van der Waals surface area contributed by atoms with Gasteiger partial charge in [0.2, 0.25) is 0 Å². The third-order valence-corrected chi connectivity index (χ3v) is 8.70. The molecule has 0 unspecified atom stereocenters. The smallest absolute Gasteiger partial charge is 0.387 e. The topological polar surface area (TPSA) is 119 Å². The van der Waals surface area contributed by atoms with Gasteiger partial charge in [0.25, 0.3) is 5.91 Å². The SMILES string of the molecule is CN1C(=O)c2cccc(OC(F)F)c2[C@H]2C[C@@H]1c1nc3ccc(-c4cnc(C5(N)CC(C)(CO)C5)nc4)cc3n12. The van der Waals surface area contributed by atoms with E-state index in [0.717, 1.165) is 22.2 Å². The molecule has 2 bridgehead atoms. The van der Waals surface area contributed by atoms with Gasteiger partial charge in [-0.15, -0.1) is 0 Å². The van der Waals surface area contributed by atoms with Gasteiger partial charge < -0.3 is 25.0 Å². The Balaban J connectivity index is 1.30. The van der Waals surface area contributed by atoms with E-state index in [-0.39, 0.29) is 29.7 Å². The van der Waals surface area contributed by atoms with Gasteiger partial charge in [-0.05, 0) is 48.1 Å². The average molecular weight is 547 g/mol. The summed E-state index contributed by atoms with van der Waals surface area (Å²) in [5.74, 6) is 1.01. The van der Waals surface area contributed by atoms with Crippen LogP contribution in [0.25, 0.3) is 22.2 Å². The Bertz CT molecular complexity index is 1660. The molecule has 11 heteroatoms. The maximum atomic E-state index is 13.4. The number of aliphatic hydroxyl groups is 1. The highest BCUT2D eigenvalue weighted by Crippen LogP contribution is 2.52. The first kappa shape index (κ1) is 25.0. The van der Waals surface area contributed by atoms with Crippen molar-refractivity contribution in [3.8, 4) is 16.9 Å². The number of aliphatic hydroxyl groups excluding tert-OH is 1. The van der Waals surface area contributed by atoms with Crippen molar-refractivity contribution in [2.24, 2.45) is 11.1 Å². The minimum Gasteiger partial charge on any atom is -0.434 e. The van der Waals surface area contributed by atoms with Gasteiger partial charge in [-0.3, -0.25) is 4.79 Å². The minimum absolute atomic E-state index is 0.00116. The zero-order chi connectivity index (χ0) is 28.0. The number of aromatic nitrogens is 4. The van der Waals surface area contributed by atoms with Crippen molar-refractivity contribution in [3.05, 3.63) is 71.6 Å². The molecule has 2 atom stereocenters. The zero-order valence-electron chi connectivity index (χ0n) is 22.0. The van der Waals surface area contributed by atoms with Gasteiger partial charge >= 0.3 is 6.61 Å². The van der Waals surface area contributed by atoms with Crippen LogP contribution in [0.5, 0.6) is 5.75 Å². The molecular formula is C29H28F2N6O3. The van der Waals surface area contributed by atoms with Crippen LogP contribution in [-0.4, -0.2) is 55.7 Å². The molecule has 9 nitrogen and oxygen atoms in total. The fourth-order valence-electron chi connectivity index (χ4n) is 6.93. The van der Waals surface area contributed by atoms with Crippen molar-refractivity contribution in [2.75, 3.05) is 13.7 Å². The molecule has 2 aromatic heterocycles. The number of fused-ring (bicyclic) bond motifs is 9. The van der Waals surface area contributed by atoms with Crippen LogP contribution in [0, 0.1) is 5.41 Å². The Morgan fingerprint density at radius 1 is 1.15 bits per heavy atom. The third-order valence-electron chi connectivity index (χ3n) is 8.70. The van der Waals surface area contributed by atoms with Crippen LogP contribution in [0.4, 0.5) is 8.78 Å². The number of nitrogens with two attached hydrogens (primary N) is 1. The zero-order valence-corrected chi connectivity index (χ0v) is 22.0. The second-order valence-corrected chi connectivity index (χ2v) is 11.6.